The molecule has 0 heterocycles. The molecule has 0 aromatic heterocycles. The largest absolute Gasteiger partial charge is 0.404 e. The van der Waals surface area contributed by atoms with Crippen LogP contribution < -0.4 is 0 Å². The molecule has 0 bridgehead atoms. The lowest BCUT2D eigenvalue weighted by Crippen LogP contribution is -2.58. The quantitative estimate of drug-likeness (QED) is 0.193. The lowest BCUT2D eigenvalue weighted by molar-refractivity contribution is -0.372. The summed E-state index contributed by atoms with van der Waals surface area (Å²) >= 11 is 0. The number of carbonyl (C=O) groups is 2. The minimum atomic E-state index is -3.32. The second-order valence-electron chi connectivity index (χ2n) is 4.66. The van der Waals surface area contributed by atoms with E-state index in [0.29, 0.717) is 0 Å². The predicted octanol–water partition coefficient (Wildman–Crippen LogP) is -2.05. The van der Waals surface area contributed by atoms with Gasteiger partial charge in [-0.15, -0.1) is 0 Å². The molecule has 9 heteroatoms. The van der Waals surface area contributed by atoms with Crippen LogP contribution in [0.5, 0.6) is 0 Å². The Hall–Kier alpha value is -1.78. The van der Waals surface area contributed by atoms with Gasteiger partial charge < -0.3 is 35.0 Å². The first-order valence-corrected chi connectivity index (χ1v) is 6.11. The third-order valence-corrected chi connectivity index (χ3v) is 2.45. The van der Waals surface area contributed by atoms with Gasteiger partial charge in [0.15, 0.2) is 6.10 Å². The van der Waals surface area contributed by atoms with Crippen molar-refractivity contribution in [3.63, 3.8) is 0 Å². The molecule has 0 spiro atoms. The van der Waals surface area contributed by atoms with Crippen LogP contribution in [0.4, 0.5) is 0 Å². The van der Waals surface area contributed by atoms with E-state index in [2.05, 4.69) is 22.6 Å². The van der Waals surface area contributed by atoms with Crippen molar-refractivity contribution < 1.29 is 44.6 Å². The Morgan fingerprint density at radius 3 is 1.68 bits per heavy atom. The molecule has 0 aliphatic carbocycles. The van der Waals surface area contributed by atoms with Gasteiger partial charge in [0.05, 0.1) is 6.61 Å². The molecule has 0 fully saturated rings. The van der Waals surface area contributed by atoms with Gasteiger partial charge >= 0.3 is 17.9 Å². The molecule has 0 aliphatic rings. The molecule has 9 nitrogen and oxygen atoms in total. The first-order valence-electron chi connectivity index (χ1n) is 6.11. The van der Waals surface area contributed by atoms with Crippen molar-refractivity contribution in [3.8, 4) is 0 Å². The smallest absolute Gasteiger partial charge is 0.394 e. The molecule has 0 rings (SSSR count). The Balaban J connectivity index is 5.47. The molecule has 3 atom stereocenters. The van der Waals surface area contributed by atoms with Crippen LogP contribution in [0.3, 0.4) is 0 Å². The van der Waals surface area contributed by atoms with Crippen LogP contribution in [0.2, 0.25) is 0 Å². The first-order chi connectivity index (χ1) is 9.96. The molecule has 0 aromatic carbocycles. The SMILES string of the molecule is C=C(C)C(=O)OC(O)(OC(=O)C(=C)C)[C@@H](O)[C@H](O)[C@H](O)CO. The van der Waals surface area contributed by atoms with Crippen molar-refractivity contribution in [3.05, 3.63) is 24.3 Å². The van der Waals surface area contributed by atoms with Crippen molar-refractivity contribution in [2.45, 2.75) is 38.1 Å². The molecule has 0 radical (unpaired) electrons. The molecule has 0 amide bonds. The summed E-state index contributed by atoms with van der Waals surface area (Å²) in [5.41, 5.74) is -0.400. The van der Waals surface area contributed by atoms with E-state index >= 15 is 0 Å². The van der Waals surface area contributed by atoms with Crippen LogP contribution in [0.25, 0.3) is 0 Å². The summed E-state index contributed by atoms with van der Waals surface area (Å²) in [6, 6.07) is 0. The lowest BCUT2D eigenvalue weighted by Gasteiger charge is -2.34. The number of hydrogen-bond donors (Lipinski definition) is 5. The third-order valence-electron chi connectivity index (χ3n) is 2.45. The van der Waals surface area contributed by atoms with Gasteiger partial charge in [0.25, 0.3) is 0 Å². The zero-order valence-corrected chi connectivity index (χ0v) is 12.2. The van der Waals surface area contributed by atoms with Gasteiger partial charge in [-0.1, -0.05) is 13.2 Å². The highest BCUT2D eigenvalue weighted by Crippen LogP contribution is 2.22. The van der Waals surface area contributed by atoms with E-state index in [1.54, 1.807) is 0 Å². The number of esters is 2. The average Bonchev–Trinajstić information content (AvgIpc) is 2.44. The third kappa shape index (κ3) is 5.20. The highest BCUT2D eigenvalue weighted by Gasteiger charge is 2.50. The number of rotatable bonds is 8. The van der Waals surface area contributed by atoms with Crippen molar-refractivity contribution in [2.24, 2.45) is 0 Å². The number of aliphatic hydroxyl groups is 5. The van der Waals surface area contributed by atoms with E-state index in [4.69, 9.17) is 5.11 Å². The van der Waals surface area contributed by atoms with Crippen molar-refractivity contribution >= 4 is 11.9 Å². The van der Waals surface area contributed by atoms with E-state index in [0.717, 1.165) is 0 Å². The van der Waals surface area contributed by atoms with Crippen LogP contribution >= 0.6 is 0 Å². The van der Waals surface area contributed by atoms with E-state index in [1.807, 2.05) is 0 Å². The normalized spacial score (nSPS) is 15.4. The summed E-state index contributed by atoms with van der Waals surface area (Å²) in [4.78, 5) is 23.0. The van der Waals surface area contributed by atoms with E-state index in [9.17, 15) is 30.0 Å². The fourth-order valence-corrected chi connectivity index (χ4v) is 1.12. The van der Waals surface area contributed by atoms with Gasteiger partial charge in [0.2, 0.25) is 0 Å². The van der Waals surface area contributed by atoms with Gasteiger partial charge in [-0.05, 0) is 13.8 Å². The number of aliphatic hydroxyl groups excluding tert-OH is 4. The zero-order valence-electron chi connectivity index (χ0n) is 12.2. The standard InChI is InChI=1S/C13H20O9/c1-6(2)11(18)21-13(20,22-12(19)7(3)4)10(17)9(16)8(15)5-14/h8-10,14-17,20H,1,3,5H2,2,4H3/t8-,9-,10+/m1/s1. The first kappa shape index (κ1) is 20.2. The molecule has 0 saturated heterocycles. The van der Waals surface area contributed by atoms with E-state index in [-0.39, 0.29) is 11.1 Å². The van der Waals surface area contributed by atoms with Crippen molar-refractivity contribution in [1.29, 1.82) is 0 Å². The van der Waals surface area contributed by atoms with Gasteiger partial charge in [-0.2, -0.15) is 0 Å². The van der Waals surface area contributed by atoms with Crippen LogP contribution in [-0.2, 0) is 19.1 Å². The molecule has 5 N–H and O–H groups in total. The summed E-state index contributed by atoms with van der Waals surface area (Å²) < 4.78 is 8.86. The topological polar surface area (TPSA) is 154 Å². The average molecular weight is 320 g/mol. The molecule has 0 aromatic rings. The molecular formula is C13H20O9. The maximum absolute atomic E-state index is 11.5. The maximum atomic E-state index is 11.5. The summed E-state index contributed by atoms with van der Waals surface area (Å²) in [6.45, 7) is 7.92. The molecule has 126 valence electrons. The Bertz CT molecular complexity index is 428. The summed E-state index contributed by atoms with van der Waals surface area (Å²) in [5, 5.41) is 47.4. The van der Waals surface area contributed by atoms with Gasteiger partial charge in [0.1, 0.15) is 12.2 Å². The van der Waals surface area contributed by atoms with Crippen molar-refractivity contribution in [1.82, 2.24) is 0 Å². The molecular weight excluding hydrogens is 300 g/mol. The predicted molar refractivity (Wildman–Crippen MR) is 71.9 cm³/mol. The number of carbonyl (C=O) groups excluding carboxylic acids is 2. The van der Waals surface area contributed by atoms with Crippen LogP contribution in [0, 0.1) is 0 Å². The fraction of sp³-hybridized carbons (Fsp3) is 0.538. The van der Waals surface area contributed by atoms with Gasteiger partial charge in [0, 0.05) is 11.1 Å². The Labute approximate surface area is 126 Å². The Morgan fingerprint density at radius 2 is 1.41 bits per heavy atom. The van der Waals surface area contributed by atoms with E-state index in [1.165, 1.54) is 13.8 Å². The zero-order chi connectivity index (χ0) is 17.7. The fourth-order valence-electron chi connectivity index (χ4n) is 1.12. The Kier molecular flexibility index (Phi) is 7.36. The van der Waals surface area contributed by atoms with Crippen LogP contribution in [-0.4, -0.2) is 68.4 Å². The van der Waals surface area contributed by atoms with Gasteiger partial charge in [-0.3, -0.25) is 0 Å². The highest BCUT2D eigenvalue weighted by molar-refractivity contribution is 5.88. The molecule has 0 aliphatic heterocycles. The monoisotopic (exact) mass is 320 g/mol. The maximum Gasteiger partial charge on any atom is 0.404 e. The highest BCUT2D eigenvalue weighted by atomic mass is 16.8. The van der Waals surface area contributed by atoms with Crippen LogP contribution in [0.1, 0.15) is 13.8 Å². The minimum absolute atomic E-state index is 0.200. The summed E-state index contributed by atoms with van der Waals surface area (Å²) in [7, 11) is 0. The number of hydrogen-bond acceptors (Lipinski definition) is 9. The van der Waals surface area contributed by atoms with Gasteiger partial charge in [-0.25, -0.2) is 9.59 Å². The second kappa shape index (κ2) is 8.01. The second-order valence-corrected chi connectivity index (χ2v) is 4.66. The minimum Gasteiger partial charge on any atom is -0.394 e. The lowest BCUT2D eigenvalue weighted by atomic mass is 10.1. The molecule has 0 saturated carbocycles. The molecule has 22 heavy (non-hydrogen) atoms. The molecule has 0 unspecified atom stereocenters. The van der Waals surface area contributed by atoms with E-state index < -0.39 is 42.8 Å². The summed E-state index contributed by atoms with van der Waals surface area (Å²) in [5.74, 6) is -5.79. The Morgan fingerprint density at radius 1 is 1.05 bits per heavy atom. The number of ether oxygens (including phenoxy) is 2. The summed E-state index contributed by atoms with van der Waals surface area (Å²) in [6.07, 6.45) is -6.55. The van der Waals surface area contributed by atoms with Crippen LogP contribution in [0.15, 0.2) is 24.3 Å². The van der Waals surface area contributed by atoms with Crippen molar-refractivity contribution in [2.75, 3.05) is 6.61 Å².